The fourth-order valence-corrected chi connectivity index (χ4v) is 3.74. The van der Waals surface area contributed by atoms with Crippen molar-refractivity contribution in [3.63, 3.8) is 0 Å². The topological polar surface area (TPSA) is 76.7 Å². The molecule has 0 saturated heterocycles. The lowest BCUT2D eigenvalue weighted by molar-refractivity contribution is 0.0697. The molecule has 0 bridgehead atoms. The molecule has 2 unspecified atom stereocenters. The Morgan fingerprint density at radius 2 is 2.04 bits per heavy atom. The third-order valence-corrected chi connectivity index (χ3v) is 5.27. The van der Waals surface area contributed by atoms with E-state index in [1.165, 1.54) is 17.7 Å². The Morgan fingerprint density at radius 3 is 2.74 bits per heavy atom. The number of carbonyl (C=O) groups is 1. The molecule has 0 aliphatic heterocycles. The van der Waals surface area contributed by atoms with Gasteiger partial charge in [-0.3, -0.25) is 4.79 Å². The second kappa shape index (κ2) is 6.58. The number of carboxylic acid groups (broad SMARTS) is 1. The van der Waals surface area contributed by atoms with Crippen molar-refractivity contribution < 1.29 is 19.1 Å². The average molecular weight is 364 g/mol. The minimum atomic E-state index is -1.06. The van der Waals surface area contributed by atoms with Gasteiger partial charge in [0.15, 0.2) is 5.43 Å². The van der Waals surface area contributed by atoms with E-state index in [1.54, 1.807) is 13.2 Å². The predicted molar refractivity (Wildman–Crippen MR) is 102 cm³/mol. The maximum atomic E-state index is 13.0. The quantitative estimate of drug-likeness (QED) is 0.729. The summed E-state index contributed by atoms with van der Waals surface area (Å²) >= 11 is 0. The highest BCUT2D eigenvalue weighted by Crippen LogP contribution is 2.55. The first-order valence-electron chi connectivity index (χ1n) is 9.00. The van der Waals surface area contributed by atoms with Crippen molar-refractivity contribution in [3.05, 3.63) is 75.1 Å². The number of rotatable bonds is 5. The number of methoxy groups -OCH3 is 1. The highest BCUT2D eigenvalue weighted by Gasteiger charge is 2.43. The Bertz CT molecular complexity index is 1100. The van der Waals surface area contributed by atoms with Crippen molar-refractivity contribution in [1.82, 2.24) is 0 Å². The van der Waals surface area contributed by atoms with E-state index in [0.29, 0.717) is 28.9 Å². The Morgan fingerprint density at radius 1 is 1.22 bits per heavy atom. The molecule has 1 heterocycles. The molecular formula is C22H20O5. The molecule has 5 nitrogen and oxygen atoms in total. The van der Waals surface area contributed by atoms with Crippen molar-refractivity contribution in [3.8, 4) is 5.75 Å². The minimum absolute atomic E-state index is 0.0882. The first kappa shape index (κ1) is 17.3. The Hall–Kier alpha value is -3.08. The molecule has 4 rings (SSSR count). The average Bonchev–Trinajstić information content (AvgIpc) is 3.48. The molecule has 1 aliphatic rings. The number of aromatic carboxylic acids is 1. The summed E-state index contributed by atoms with van der Waals surface area (Å²) < 4.78 is 11.4. The first-order chi connectivity index (χ1) is 13.0. The van der Waals surface area contributed by atoms with E-state index in [2.05, 4.69) is 6.07 Å². The molecule has 1 aliphatic carbocycles. The van der Waals surface area contributed by atoms with Crippen molar-refractivity contribution in [2.45, 2.75) is 31.6 Å². The van der Waals surface area contributed by atoms with Gasteiger partial charge in [-0.25, -0.2) is 4.79 Å². The van der Waals surface area contributed by atoms with Gasteiger partial charge in [0.05, 0.1) is 18.1 Å². The van der Waals surface area contributed by atoms with Gasteiger partial charge in [0.25, 0.3) is 0 Å². The summed E-state index contributed by atoms with van der Waals surface area (Å²) in [7, 11) is 1.65. The van der Waals surface area contributed by atoms with Crippen LogP contribution in [0.4, 0.5) is 0 Å². The Kier molecular flexibility index (Phi) is 4.22. The molecule has 138 valence electrons. The third-order valence-electron chi connectivity index (χ3n) is 5.27. The van der Waals surface area contributed by atoms with Crippen LogP contribution < -0.4 is 10.2 Å². The maximum Gasteiger partial charge on any atom is 0.335 e. The van der Waals surface area contributed by atoms with Crippen LogP contribution in [0.25, 0.3) is 11.0 Å². The summed E-state index contributed by atoms with van der Waals surface area (Å²) in [4.78, 5) is 24.2. The van der Waals surface area contributed by atoms with Crippen molar-refractivity contribution in [2.24, 2.45) is 0 Å². The van der Waals surface area contributed by atoms with Gasteiger partial charge in [-0.05, 0) is 54.7 Å². The Labute approximate surface area is 156 Å². The zero-order valence-corrected chi connectivity index (χ0v) is 15.2. The zero-order valence-electron chi connectivity index (χ0n) is 15.2. The fourth-order valence-electron chi connectivity index (χ4n) is 3.74. The summed E-state index contributed by atoms with van der Waals surface area (Å²) in [5.41, 5.74) is 2.21. The van der Waals surface area contributed by atoms with Crippen LogP contribution in [0.15, 0.2) is 51.7 Å². The minimum Gasteiger partial charge on any atom is -0.497 e. The van der Waals surface area contributed by atoms with Gasteiger partial charge in [0.2, 0.25) is 0 Å². The van der Waals surface area contributed by atoms with Crippen LogP contribution in [-0.4, -0.2) is 18.2 Å². The monoisotopic (exact) mass is 364 g/mol. The molecule has 1 saturated carbocycles. The van der Waals surface area contributed by atoms with Crippen molar-refractivity contribution in [2.75, 3.05) is 7.11 Å². The highest BCUT2D eigenvalue weighted by atomic mass is 16.5. The summed E-state index contributed by atoms with van der Waals surface area (Å²) in [6.45, 7) is 1.92. The summed E-state index contributed by atoms with van der Waals surface area (Å²) in [6.07, 6.45) is 1.47. The smallest absolute Gasteiger partial charge is 0.335 e. The van der Waals surface area contributed by atoms with Gasteiger partial charge in [0.1, 0.15) is 17.1 Å². The maximum absolute atomic E-state index is 13.0. The van der Waals surface area contributed by atoms with Gasteiger partial charge in [-0.15, -0.1) is 0 Å². The second-order valence-electron chi connectivity index (χ2n) is 6.87. The largest absolute Gasteiger partial charge is 0.497 e. The van der Waals surface area contributed by atoms with Gasteiger partial charge in [-0.1, -0.05) is 19.1 Å². The van der Waals surface area contributed by atoms with Crippen molar-refractivity contribution in [1.29, 1.82) is 0 Å². The molecule has 2 atom stereocenters. The lowest BCUT2D eigenvalue weighted by Gasteiger charge is -2.09. The van der Waals surface area contributed by atoms with Gasteiger partial charge in [-0.2, -0.15) is 0 Å². The molecule has 0 radical (unpaired) electrons. The van der Waals surface area contributed by atoms with E-state index in [4.69, 9.17) is 9.15 Å². The molecule has 1 aromatic heterocycles. The van der Waals surface area contributed by atoms with Crippen LogP contribution in [0.5, 0.6) is 5.75 Å². The van der Waals surface area contributed by atoms with Crippen molar-refractivity contribution >= 4 is 16.9 Å². The standard InChI is InChI=1S/C22H20O5/c1-3-15-20(23)18-10-13(22(24)25)7-8-19(18)27-21(15)17-11-16(17)12-5-4-6-14(9-12)26-2/h4-10,16-17H,3,11H2,1-2H3,(H,24,25). The third kappa shape index (κ3) is 2.99. The van der Waals surface area contributed by atoms with E-state index < -0.39 is 5.97 Å². The van der Waals surface area contributed by atoms with Gasteiger partial charge >= 0.3 is 5.97 Å². The van der Waals surface area contributed by atoms with Crippen LogP contribution >= 0.6 is 0 Å². The summed E-state index contributed by atoms with van der Waals surface area (Å²) in [5, 5.41) is 9.50. The predicted octanol–water partition coefficient (Wildman–Crippen LogP) is 4.33. The van der Waals surface area contributed by atoms with E-state index in [9.17, 15) is 14.7 Å². The normalized spacial score (nSPS) is 18.4. The van der Waals surface area contributed by atoms with Crippen LogP contribution in [-0.2, 0) is 6.42 Å². The lowest BCUT2D eigenvalue weighted by Crippen LogP contribution is -2.12. The highest BCUT2D eigenvalue weighted by molar-refractivity contribution is 5.92. The van der Waals surface area contributed by atoms with Crippen LogP contribution in [0, 0.1) is 0 Å². The summed E-state index contributed by atoms with van der Waals surface area (Å²) in [6, 6.07) is 12.4. The summed E-state index contributed by atoms with van der Waals surface area (Å²) in [5.74, 6) is 0.937. The number of carboxylic acids is 1. The molecule has 2 aromatic carbocycles. The molecule has 1 fully saturated rings. The van der Waals surface area contributed by atoms with Crippen LogP contribution in [0.3, 0.4) is 0 Å². The molecule has 1 N–H and O–H groups in total. The number of hydrogen-bond acceptors (Lipinski definition) is 4. The first-order valence-corrected chi connectivity index (χ1v) is 9.00. The lowest BCUT2D eigenvalue weighted by atomic mass is 10.0. The van der Waals surface area contributed by atoms with Gasteiger partial charge in [0, 0.05) is 11.5 Å². The Balaban J connectivity index is 1.77. The van der Waals surface area contributed by atoms with Gasteiger partial charge < -0.3 is 14.3 Å². The SMILES string of the molecule is CCc1c(C2CC2c2cccc(OC)c2)oc2ccc(C(=O)O)cc2c1=O. The molecule has 5 heteroatoms. The number of hydrogen-bond donors (Lipinski definition) is 1. The van der Waals surface area contributed by atoms with E-state index >= 15 is 0 Å². The molecule has 3 aromatic rings. The van der Waals surface area contributed by atoms with Crippen LogP contribution in [0.2, 0.25) is 0 Å². The number of ether oxygens (including phenoxy) is 1. The molecule has 0 amide bonds. The van der Waals surface area contributed by atoms with E-state index in [1.807, 2.05) is 25.1 Å². The zero-order chi connectivity index (χ0) is 19.1. The molecule has 0 spiro atoms. The second-order valence-corrected chi connectivity index (χ2v) is 6.87. The van der Waals surface area contributed by atoms with E-state index in [0.717, 1.165) is 17.9 Å². The molecular weight excluding hydrogens is 344 g/mol. The fraction of sp³-hybridized carbons (Fsp3) is 0.273. The van der Waals surface area contributed by atoms with Crippen LogP contribution in [0.1, 0.15) is 52.4 Å². The number of fused-ring (bicyclic) bond motifs is 1. The number of benzene rings is 2. The molecule has 27 heavy (non-hydrogen) atoms. The van der Waals surface area contributed by atoms with E-state index in [-0.39, 0.29) is 16.9 Å².